The number of hydrogen-bond donors (Lipinski definition) is 4. The molecular weight excluding hydrogens is 654 g/mol. The largest absolute Gasteiger partial charge is 0.444 e. The van der Waals surface area contributed by atoms with Gasteiger partial charge in [-0.2, -0.15) is 0 Å². The van der Waals surface area contributed by atoms with E-state index in [4.69, 9.17) is 4.74 Å². The van der Waals surface area contributed by atoms with Crippen LogP contribution in [0.1, 0.15) is 70.0 Å². The molecule has 6 rings (SSSR count). The molecule has 1 aliphatic heterocycles. The standard InChI is InChI=1S/C42H45N5O5/c1-5-33(27-13-8-6-9-14-27)40(50)47-24-12-17-36(47)38(48)44-32-22-23-34-30(25-32)26-35(45-34)28-18-20-31(21-19-28)43-39(49)37(29-15-10-7-11-16-29)46-41(51)52-42(2,3)4/h6-11,13-16,18-23,25-26,33,36-37,45H,5,12,17,24H2,1-4H3,(H,43,49)(H,44,48)(H,46,51)/t33-,36+,37+/m1/s1. The van der Waals surface area contributed by atoms with E-state index in [0.717, 1.165) is 34.1 Å². The lowest BCUT2D eigenvalue weighted by atomic mass is 9.94. The highest BCUT2D eigenvalue weighted by molar-refractivity contribution is 6.00. The number of benzene rings is 4. The summed E-state index contributed by atoms with van der Waals surface area (Å²) < 4.78 is 5.40. The summed E-state index contributed by atoms with van der Waals surface area (Å²) in [5, 5.41) is 9.57. The van der Waals surface area contributed by atoms with Crippen LogP contribution in [0.5, 0.6) is 0 Å². The summed E-state index contributed by atoms with van der Waals surface area (Å²) >= 11 is 0. The van der Waals surface area contributed by atoms with E-state index >= 15 is 0 Å². The Kier molecular flexibility index (Phi) is 10.7. The quantitative estimate of drug-likeness (QED) is 0.117. The van der Waals surface area contributed by atoms with Crippen molar-refractivity contribution in [3.8, 4) is 11.3 Å². The monoisotopic (exact) mass is 699 g/mol. The van der Waals surface area contributed by atoms with Gasteiger partial charge in [0.1, 0.15) is 17.7 Å². The van der Waals surface area contributed by atoms with Crippen LogP contribution in [0, 0.1) is 0 Å². The summed E-state index contributed by atoms with van der Waals surface area (Å²) in [5.41, 5.74) is 4.77. The zero-order valence-corrected chi connectivity index (χ0v) is 29.9. The maximum absolute atomic E-state index is 13.6. The zero-order chi connectivity index (χ0) is 36.8. The SMILES string of the molecule is CC[C@@H](C(=O)N1CCC[C@H]1C(=O)Nc1ccc2[nH]c(-c3ccc(NC(=O)[C@@H](NC(=O)OC(C)(C)C)c4ccccc4)cc3)cc2c1)c1ccccc1. The second-order valence-corrected chi connectivity index (χ2v) is 14.1. The van der Waals surface area contributed by atoms with Crippen molar-refractivity contribution < 1.29 is 23.9 Å². The summed E-state index contributed by atoms with van der Waals surface area (Å²) in [6.45, 7) is 7.86. The molecule has 0 saturated carbocycles. The molecule has 1 aromatic heterocycles. The number of aromatic nitrogens is 1. The molecule has 0 unspecified atom stereocenters. The third-order valence-electron chi connectivity index (χ3n) is 9.15. The Balaban J connectivity index is 1.11. The molecular formula is C42H45N5O5. The van der Waals surface area contributed by atoms with Gasteiger partial charge in [0, 0.05) is 34.5 Å². The molecule has 4 N–H and O–H groups in total. The van der Waals surface area contributed by atoms with Crippen LogP contribution in [0.4, 0.5) is 16.2 Å². The molecule has 4 amide bonds. The number of alkyl carbamates (subject to hydrolysis) is 1. The number of aromatic amines is 1. The number of nitrogens with one attached hydrogen (secondary N) is 4. The average Bonchev–Trinajstić information content (AvgIpc) is 3.79. The number of amides is 4. The lowest BCUT2D eigenvalue weighted by molar-refractivity contribution is -0.138. The number of hydrogen-bond acceptors (Lipinski definition) is 5. The van der Waals surface area contributed by atoms with Crippen LogP contribution in [0.25, 0.3) is 22.2 Å². The van der Waals surface area contributed by atoms with Crippen molar-refractivity contribution in [3.05, 3.63) is 120 Å². The van der Waals surface area contributed by atoms with Gasteiger partial charge in [-0.3, -0.25) is 14.4 Å². The highest BCUT2D eigenvalue weighted by Gasteiger charge is 2.37. The third kappa shape index (κ3) is 8.51. The molecule has 4 aromatic carbocycles. The number of fused-ring (bicyclic) bond motifs is 1. The van der Waals surface area contributed by atoms with Gasteiger partial charge in [0.05, 0.1) is 5.92 Å². The summed E-state index contributed by atoms with van der Waals surface area (Å²) in [6, 6.07) is 32.4. The van der Waals surface area contributed by atoms with E-state index in [2.05, 4.69) is 20.9 Å². The van der Waals surface area contributed by atoms with E-state index in [9.17, 15) is 19.2 Å². The molecule has 2 heterocycles. The van der Waals surface area contributed by atoms with Crippen LogP contribution < -0.4 is 16.0 Å². The first kappa shape index (κ1) is 35.9. The van der Waals surface area contributed by atoms with Crippen molar-refractivity contribution in [1.29, 1.82) is 0 Å². The first-order valence-electron chi connectivity index (χ1n) is 17.7. The van der Waals surface area contributed by atoms with Crippen molar-refractivity contribution in [2.24, 2.45) is 0 Å². The van der Waals surface area contributed by atoms with Gasteiger partial charge in [-0.05, 0) is 93.1 Å². The topological polar surface area (TPSA) is 133 Å². The van der Waals surface area contributed by atoms with E-state index in [1.807, 2.05) is 79.7 Å². The molecule has 1 fully saturated rings. The molecule has 3 atom stereocenters. The van der Waals surface area contributed by atoms with Crippen LogP contribution in [-0.2, 0) is 19.1 Å². The van der Waals surface area contributed by atoms with Crippen molar-refractivity contribution in [2.45, 2.75) is 70.6 Å². The summed E-state index contributed by atoms with van der Waals surface area (Å²) in [5.74, 6) is -0.869. The second kappa shape index (κ2) is 15.6. The van der Waals surface area contributed by atoms with E-state index in [1.165, 1.54) is 0 Å². The van der Waals surface area contributed by atoms with E-state index in [-0.39, 0.29) is 17.7 Å². The number of nitrogens with zero attached hydrogens (tertiary/aromatic N) is 1. The van der Waals surface area contributed by atoms with Gasteiger partial charge in [0.2, 0.25) is 11.8 Å². The predicted octanol–water partition coefficient (Wildman–Crippen LogP) is 8.16. The van der Waals surface area contributed by atoms with Gasteiger partial charge in [0.15, 0.2) is 0 Å². The highest BCUT2D eigenvalue weighted by atomic mass is 16.6. The Morgan fingerprint density at radius 3 is 2.13 bits per heavy atom. The number of H-pyrrole nitrogens is 1. The molecule has 0 aliphatic carbocycles. The molecule has 5 aromatic rings. The summed E-state index contributed by atoms with van der Waals surface area (Å²) in [4.78, 5) is 58.3. The number of rotatable bonds is 10. The van der Waals surface area contributed by atoms with Gasteiger partial charge >= 0.3 is 6.09 Å². The minimum Gasteiger partial charge on any atom is -0.444 e. The van der Waals surface area contributed by atoms with E-state index < -0.39 is 29.7 Å². The van der Waals surface area contributed by atoms with Gasteiger partial charge in [0.25, 0.3) is 5.91 Å². The molecule has 52 heavy (non-hydrogen) atoms. The van der Waals surface area contributed by atoms with Crippen LogP contribution in [0.3, 0.4) is 0 Å². The molecule has 268 valence electrons. The molecule has 1 aliphatic rings. The van der Waals surface area contributed by atoms with Crippen LogP contribution >= 0.6 is 0 Å². The fourth-order valence-corrected chi connectivity index (χ4v) is 6.65. The Hall–Kier alpha value is -5.90. The first-order chi connectivity index (χ1) is 25.0. The van der Waals surface area contributed by atoms with Gasteiger partial charge < -0.3 is 30.6 Å². The Morgan fingerprint density at radius 2 is 1.48 bits per heavy atom. The number of carbonyl (C=O) groups excluding carboxylic acids is 4. The molecule has 10 heteroatoms. The van der Waals surface area contributed by atoms with Crippen LogP contribution in [0.15, 0.2) is 109 Å². The summed E-state index contributed by atoms with van der Waals surface area (Å²) in [7, 11) is 0. The fourth-order valence-electron chi connectivity index (χ4n) is 6.65. The minimum absolute atomic E-state index is 0.00357. The third-order valence-corrected chi connectivity index (χ3v) is 9.15. The Bertz CT molecular complexity index is 2040. The number of likely N-dealkylation sites (tertiary alicyclic amines) is 1. The van der Waals surface area contributed by atoms with E-state index in [1.54, 1.807) is 62.1 Å². The van der Waals surface area contributed by atoms with Gasteiger partial charge in [-0.25, -0.2) is 4.79 Å². The van der Waals surface area contributed by atoms with Gasteiger partial charge in [-0.15, -0.1) is 0 Å². The molecule has 0 bridgehead atoms. The average molecular weight is 700 g/mol. The molecule has 0 spiro atoms. The highest BCUT2D eigenvalue weighted by Crippen LogP contribution is 2.30. The molecule has 1 saturated heterocycles. The fraction of sp³-hybridized carbons (Fsp3) is 0.286. The second-order valence-electron chi connectivity index (χ2n) is 14.1. The number of carbonyl (C=O) groups is 4. The number of ether oxygens (including phenoxy) is 1. The Labute approximate surface area is 303 Å². The Morgan fingerprint density at radius 1 is 0.827 bits per heavy atom. The van der Waals surface area contributed by atoms with Crippen molar-refractivity contribution in [1.82, 2.24) is 15.2 Å². The molecule has 10 nitrogen and oxygen atoms in total. The minimum atomic E-state index is -0.959. The lowest BCUT2D eigenvalue weighted by Gasteiger charge is -2.28. The van der Waals surface area contributed by atoms with Gasteiger partial charge in [-0.1, -0.05) is 79.7 Å². The molecule has 0 radical (unpaired) electrons. The zero-order valence-electron chi connectivity index (χ0n) is 29.9. The van der Waals surface area contributed by atoms with Crippen molar-refractivity contribution >= 4 is 46.1 Å². The first-order valence-corrected chi connectivity index (χ1v) is 17.7. The normalized spacial score (nSPS) is 15.5. The van der Waals surface area contributed by atoms with Crippen molar-refractivity contribution in [3.63, 3.8) is 0 Å². The van der Waals surface area contributed by atoms with E-state index in [0.29, 0.717) is 36.3 Å². The van der Waals surface area contributed by atoms with Crippen molar-refractivity contribution in [2.75, 3.05) is 17.2 Å². The lowest BCUT2D eigenvalue weighted by Crippen LogP contribution is -2.45. The van der Waals surface area contributed by atoms with Crippen LogP contribution in [-0.4, -0.2) is 51.9 Å². The maximum Gasteiger partial charge on any atom is 0.408 e. The smallest absolute Gasteiger partial charge is 0.408 e. The predicted molar refractivity (Wildman–Crippen MR) is 204 cm³/mol. The maximum atomic E-state index is 13.6. The summed E-state index contributed by atoms with van der Waals surface area (Å²) in [6.07, 6.45) is 1.39. The number of anilines is 2. The van der Waals surface area contributed by atoms with Crippen LogP contribution in [0.2, 0.25) is 0 Å².